The molecule has 0 bridgehead atoms. The number of amides is 1. The number of anilines is 1. The van der Waals surface area contributed by atoms with Gasteiger partial charge in [0.2, 0.25) is 0 Å². The summed E-state index contributed by atoms with van der Waals surface area (Å²) in [5.41, 5.74) is 0.504. The Morgan fingerprint density at radius 2 is 2.42 bits per heavy atom. The van der Waals surface area contributed by atoms with Gasteiger partial charge in [-0.25, -0.2) is 0 Å². The van der Waals surface area contributed by atoms with E-state index in [-0.39, 0.29) is 5.82 Å². The number of nitrogens with zero attached hydrogens (tertiary/aromatic N) is 1. The highest BCUT2D eigenvalue weighted by molar-refractivity contribution is 5.92. The smallest absolute Gasteiger partial charge is 0.315 e. The van der Waals surface area contributed by atoms with Crippen LogP contribution in [0.25, 0.3) is 0 Å². The Hall–Kier alpha value is -1.46. The van der Waals surface area contributed by atoms with Crippen LogP contribution in [0.5, 0.6) is 0 Å². The van der Waals surface area contributed by atoms with Gasteiger partial charge in [-0.1, -0.05) is 5.16 Å². The molecule has 66 valence electrons. The monoisotopic (exact) mass is 176 g/mol. The molecule has 1 aromatic heterocycles. The van der Waals surface area contributed by atoms with E-state index >= 15 is 0 Å². The summed E-state index contributed by atoms with van der Waals surface area (Å²) in [6.45, 7) is 1.58. The van der Waals surface area contributed by atoms with E-state index in [1.807, 2.05) is 5.32 Å². The number of nitrogens with one attached hydrogen (secondary N) is 1. The SMILES string of the molecule is Cc1conc1NC(=O)C(F)F. The number of carbonyl (C=O) groups excluding carboxylic acids is 1. The number of alkyl halides is 2. The van der Waals surface area contributed by atoms with Gasteiger partial charge in [-0.05, 0) is 6.92 Å². The highest BCUT2D eigenvalue weighted by Crippen LogP contribution is 2.11. The lowest BCUT2D eigenvalue weighted by Crippen LogP contribution is -2.20. The first-order chi connectivity index (χ1) is 5.61. The summed E-state index contributed by atoms with van der Waals surface area (Å²) in [4.78, 5) is 10.4. The van der Waals surface area contributed by atoms with Crippen LogP contribution in [0.4, 0.5) is 14.6 Å². The lowest BCUT2D eigenvalue weighted by atomic mass is 10.4. The van der Waals surface area contributed by atoms with Gasteiger partial charge in [0.25, 0.3) is 5.91 Å². The van der Waals surface area contributed by atoms with Crippen molar-refractivity contribution in [3.63, 3.8) is 0 Å². The molecule has 1 N–H and O–H groups in total. The highest BCUT2D eigenvalue weighted by atomic mass is 19.3. The first-order valence-electron chi connectivity index (χ1n) is 3.11. The molecule has 0 radical (unpaired) electrons. The van der Waals surface area contributed by atoms with Gasteiger partial charge < -0.3 is 9.84 Å². The van der Waals surface area contributed by atoms with Gasteiger partial charge >= 0.3 is 6.43 Å². The third-order valence-electron chi connectivity index (χ3n) is 1.19. The molecule has 1 amide bonds. The Kier molecular flexibility index (Phi) is 2.37. The van der Waals surface area contributed by atoms with Crippen molar-refractivity contribution in [3.05, 3.63) is 11.8 Å². The summed E-state index contributed by atoms with van der Waals surface area (Å²) in [5.74, 6) is -1.35. The maximum absolute atomic E-state index is 11.7. The molecule has 1 rings (SSSR count). The van der Waals surface area contributed by atoms with E-state index in [0.717, 1.165) is 0 Å². The number of hydrogen-bond donors (Lipinski definition) is 1. The predicted molar refractivity (Wildman–Crippen MR) is 35.9 cm³/mol. The number of halogens is 2. The number of aryl methyl sites for hydroxylation is 1. The summed E-state index contributed by atoms with van der Waals surface area (Å²) in [6.07, 6.45) is -1.79. The topological polar surface area (TPSA) is 55.1 Å². The summed E-state index contributed by atoms with van der Waals surface area (Å²) in [5, 5.41) is 5.19. The lowest BCUT2D eigenvalue weighted by Gasteiger charge is -1.98. The molecule has 0 unspecified atom stereocenters. The fourth-order valence-corrected chi connectivity index (χ4v) is 0.579. The molecule has 0 saturated heterocycles. The number of hydrogen-bond acceptors (Lipinski definition) is 3. The quantitative estimate of drug-likeness (QED) is 0.736. The molecular formula is C6H6F2N2O2. The molecule has 0 fully saturated rings. The predicted octanol–water partition coefficient (Wildman–Crippen LogP) is 1.19. The second-order valence-corrected chi connectivity index (χ2v) is 2.14. The van der Waals surface area contributed by atoms with E-state index in [9.17, 15) is 13.6 Å². The molecule has 0 spiro atoms. The first-order valence-corrected chi connectivity index (χ1v) is 3.11. The van der Waals surface area contributed by atoms with Crippen LogP contribution in [-0.2, 0) is 4.79 Å². The number of carbonyl (C=O) groups is 1. The molecule has 6 heteroatoms. The molecule has 1 aromatic rings. The van der Waals surface area contributed by atoms with Crippen molar-refractivity contribution in [2.24, 2.45) is 0 Å². The maximum atomic E-state index is 11.7. The number of rotatable bonds is 2. The Labute approximate surface area is 66.5 Å². The fourth-order valence-electron chi connectivity index (χ4n) is 0.579. The average molecular weight is 176 g/mol. The normalized spacial score (nSPS) is 10.3. The van der Waals surface area contributed by atoms with E-state index < -0.39 is 12.3 Å². The molecule has 4 nitrogen and oxygen atoms in total. The number of aromatic nitrogens is 1. The zero-order valence-electron chi connectivity index (χ0n) is 6.17. The van der Waals surface area contributed by atoms with Crippen LogP contribution >= 0.6 is 0 Å². The second-order valence-electron chi connectivity index (χ2n) is 2.14. The van der Waals surface area contributed by atoms with Crippen molar-refractivity contribution in [2.75, 3.05) is 5.32 Å². The van der Waals surface area contributed by atoms with E-state index in [1.54, 1.807) is 6.92 Å². The molecule has 0 aliphatic rings. The molecule has 0 aromatic carbocycles. The highest BCUT2D eigenvalue weighted by Gasteiger charge is 2.17. The van der Waals surface area contributed by atoms with Crippen LogP contribution < -0.4 is 5.32 Å². The summed E-state index contributed by atoms with van der Waals surface area (Å²) in [6, 6.07) is 0. The largest absolute Gasteiger partial charge is 0.362 e. The average Bonchev–Trinajstić information content (AvgIpc) is 2.36. The Balaban J connectivity index is 2.64. The van der Waals surface area contributed by atoms with E-state index in [0.29, 0.717) is 5.56 Å². The molecule has 0 atom stereocenters. The van der Waals surface area contributed by atoms with Gasteiger partial charge in [0, 0.05) is 5.56 Å². The van der Waals surface area contributed by atoms with Crippen molar-refractivity contribution >= 4 is 11.7 Å². The van der Waals surface area contributed by atoms with Crippen LogP contribution in [-0.4, -0.2) is 17.5 Å². The van der Waals surface area contributed by atoms with Crippen LogP contribution in [0.2, 0.25) is 0 Å². The lowest BCUT2D eigenvalue weighted by molar-refractivity contribution is -0.126. The molecular weight excluding hydrogens is 170 g/mol. The van der Waals surface area contributed by atoms with Gasteiger partial charge in [-0.3, -0.25) is 4.79 Å². The molecule has 1 heterocycles. The molecule has 0 aliphatic carbocycles. The third kappa shape index (κ3) is 1.77. The van der Waals surface area contributed by atoms with Crippen molar-refractivity contribution in [3.8, 4) is 0 Å². The molecule has 0 aliphatic heterocycles. The van der Waals surface area contributed by atoms with E-state index in [1.165, 1.54) is 6.26 Å². The van der Waals surface area contributed by atoms with Crippen molar-refractivity contribution in [1.29, 1.82) is 0 Å². The third-order valence-corrected chi connectivity index (χ3v) is 1.19. The van der Waals surface area contributed by atoms with Gasteiger partial charge in [-0.15, -0.1) is 0 Å². The summed E-state index contributed by atoms with van der Waals surface area (Å²) >= 11 is 0. The maximum Gasteiger partial charge on any atom is 0.315 e. The van der Waals surface area contributed by atoms with Crippen molar-refractivity contribution in [2.45, 2.75) is 13.3 Å². The Morgan fingerprint density at radius 1 is 1.75 bits per heavy atom. The zero-order chi connectivity index (χ0) is 9.14. The molecule has 12 heavy (non-hydrogen) atoms. The van der Waals surface area contributed by atoms with Gasteiger partial charge in [0.1, 0.15) is 6.26 Å². The van der Waals surface area contributed by atoms with E-state index in [2.05, 4.69) is 9.68 Å². The minimum atomic E-state index is -3.04. The standard InChI is InChI=1S/C6H6F2N2O2/c1-3-2-12-10-5(3)9-6(11)4(7)8/h2,4H,1H3,(H,9,10,11). The summed E-state index contributed by atoms with van der Waals surface area (Å²) < 4.78 is 27.8. The fraction of sp³-hybridized carbons (Fsp3) is 0.333. The summed E-state index contributed by atoms with van der Waals surface area (Å²) in [7, 11) is 0. The first kappa shape index (κ1) is 8.63. The molecule has 0 saturated carbocycles. The van der Waals surface area contributed by atoms with Gasteiger partial charge in [0.05, 0.1) is 0 Å². The minimum Gasteiger partial charge on any atom is -0.362 e. The van der Waals surface area contributed by atoms with Crippen molar-refractivity contribution in [1.82, 2.24) is 5.16 Å². The van der Waals surface area contributed by atoms with Crippen LogP contribution in [0.1, 0.15) is 5.56 Å². The Morgan fingerprint density at radius 3 is 2.83 bits per heavy atom. The van der Waals surface area contributed by atoms with Crippen molar-refractivity contribution < 1.29 is 18.1 Å². The van der Waals surface area contributed by atoms with Crippen LogP contribution in [0, 0.1) is 6.92 Å². The Bertz CT molecular complexity index is 285. The van der Waals surface area contributed by atoms with E-state index in [4.69, 9.17) is 0 Å². The minimum absolute atomic E-state index is 0.0281. The second kappa shape index (κ2) is 3.29. The van der Waals surface area contributed by atoms with Gasteiger partial charge in [-0.2, -0.15) is 8.78 Å². The van der Waals surface area contributed by atoms with Crippen LogP contribution in [0.3, 0.4) is 0 Å². The van der Waals surface area contributed by atoms with Crippen LogP contribution in [0.15, 0.2) is 10.8 Å². The zero-order valence-corrected chi connectivity index (χ0v) is 6.17. The van der Waals surface area contributed by atoms with Gasteiger partial charge in [0.15, 0.2) is 5.82 Å².